The molecule has 0 amide bonds. The van der Waals surface area contributed by atoms with Gasteiger partial charge in [0.2, 0.25) is 0 Å². The highest BCUT2D eigenvalue weighted by Gasteiger charge is 2.16. The molecule has 0 saturated heterocycles. The highest BCUT2D eigenvalue weighted by molar-refractivity contribution is 9.10. The Bertz CT molecular complexity index is 613. The van der Waals surface area contributed by atoms with Gasteiger partial charge < -0.3 is 14.8 Å². The Morgan fingerprint density at radius 1 is 0.952 bits per heavy atom. The van der Waals surface area contributed by atoms with E-state index in [2.05, 4.69) is 57.6 Å². The quantitative estimate of drug-likeness (QED) is 0.912. The van der Waals surface area contributed by atoms with E-state index < -0.39 is 0 Å². The van der Waals surface area contributed by atoms with Crippen LogP contribution in [0.3, 0.4) is 0 Å². The molecule has 2 aromatic carbocycles. The van der Waals surface area contributed by atoms with E-state index in [0.29, 0.717) is 13.2 Å². The van der Waals surface area contributed by atoms with Gasteiger partial charge in [-0.15, -0.1) is 0 Å². The van der Waals surface area contributed by atoms with E-state index in [1.807, 2.05) is 13.1 Å². The molecule has 1 N–H and O–H groups in total. The monoisotopic (exact) mass is 347 g/mol. The van der Waals surface area contributed by atoms with Crippen molar-refractivity contribution in [2.24, 2.45) is 0 Å². The first-order valence-electron chi connectivity index (χ1n) is 7.10. The predicted octanol–water partition coefficient (Wildman–Crippen LogP) is 3.92. The second-order valence-electron chi connectivity index (χ2n) is 5.03. The molecule has 1 aliphatic rings. The molecule has 0 saturated carbocycles. The number of rotatable bonds is 3. The highest BCUT2D eigenvalue weighted by Crippen LogP contribution is 2.34. The zero-order valence-corrected chi connectivity index (χ0v) is 13.5. The summed E-state index contributed by atoms with van der Waals surface area (Å²) in [6.45, 7) is 1.42. The number of benzene rings is 2. The van der Waals surface area contributed by atoms with Crippen molar-refractivity contribution in [2.75, 3.05) is 20.3 Å². The van der Waals surface area contributed by atoms with Crippen molar-refractivity contribution < 1.29 is 9.47 Å². The van der Waals surface area contributed by atoms with Gasteiger partial charge in [0.1, 0.15) is 0 Å². The molecule has 0 fully saturated rings. The molecule has 0 spiro atoms. The van der Waals surface area contributed by atoms with E-state index >= 15 is 0 Å². The van der Waals surface area contributed by atoms with Crippen molar-refractivity contribution in [2.45, 2.75) is 12.5 Å². The third-order valence-corrected chi connectivity index (χ3v) is 4.13. The topological polar surface area (TPSA) is 30.5 Å². The van der Waals surface area contributed by atoms with Gasteiger partial charge >= 0.3 is 0 Å². The van der Waals surface area contributed by atoms with Crippen molar-refractivity contribution >= 4 is 15.9 Å². The van der Waals surface area contributed by atoms with Gasteiger partial charge in [-0.25, -0.2) is 0 Å². The molecule has 1 heterocycles. The number of ether oxygens (including phenoxy) is 2. The van der Waals surface area contributed by atoms with Crippen LogP contribution in [0.15, 0.2) is 46.9 Å². The highest BCUT2D eigenvalue weighted by atomic mass is 79.9. The predicted molar refractivity (Wildman–Crippen MR) is 87.1 cm³/mol. The average Bonchev–Trinajstić information content (AvgIpc) is 2.75. The van der Waals surface area contributed by atoms with Crippen LogP contribution in [0.5, 0.6) is 11.5 Å². The van der Waals surface area contributed by atoms with Crippen LogP contribution in [-0.2, 0) is 0 Å². The van der Waals surface area contributed by atoms with Crippen LogP contribution in [0.1, 0.15) is 23.6 Å². The van der Waals surface area contributed by atoms with Crippen LogP contribution >= 0.6 is 15.9 Å². The Morgan fingerprint density at radius 2 is 1.62 bits per heavy atom. The number of nitrogens with one attached hydrogen (secondary N) is 1. The number of fused-ring (bicyclic) bond motifs is 1. The smallest absolute Gasteiger partial charge is 0.161 e. The first kappa shape index (κ1) is 14.4. The van der Waals surface area contributed by atoms with Crippen LogP contribution in [0.25, 0.3) is 0 Å². The summed E-state index contributed by atoms with van der Waals surface area (Å²) in [5.74, 6) is 1.67. The zero-order valence-electron chi connectivity index (χ0n) is 11.9. The molecular formula is C17H18BrNO2. The Labute approximate surface area is 133 Å². The first-order valence-corrected chi connectivity index (χ1v) is 7.89. The first-order chi connectivity index (χ1) is 10.3. The summed E-state index contributed by atoms with van der Waals surface area (Å²) in [5, 5.41) is 3.36. The van der Waals surface area contributed by atoms with Gasteiger partial charge in [-0.3, -0.25) is 0 Å². The third kappa shape index (κ3) is 3.22. The summed E-state index contributed by atoms with van der Waals surface area (Å²) >= 11 is 3.47. The molecule has 1 atom stereocenters. The summed E-state index contributed by atoms with van der Waals surface area (Å²) in [6.07, 6.45) is 0.923. The molecular weight excluding hydrogens is 330 g/mol. The molecule has 0 aromatic heterocycles. The van der Waals surface area contributed by atoms with Crippen LogP contribution in [0, 0.1) is 0 Å². The molecule has 3 nitrogen and oxygen atoms in total. The number of hydrogen-bond acceptors (Lipinski definition) is 3. The molecule has 1 unspecified atom stereocenters. The molecule has 4 heteroatoms. The van der Waals surface area contributed by atoms with Crippen molar-refractivity contribution in [1.82, 2.24) is 5.32 Å². The normalized spacial score (nSPS) is 15.3. The largest absolute Gasteiger partial charge is 0.490 e. The van der Waals surface area contributed by atoms with Gasteiger partial charge in [0.05, 0.1) is 19.3 Å². The maximum atomic E-state index is 5.78. The van der Waals surface area contributed by atoms with Crippen molar-refractivity contribution in [3.8, 4) is 11.5 Å². The lowest BCUT2D eigenvalue weighted by molar-refractivity contribution is 0.297. The van der Waals surface area contributed by atoms with E-state index in [-0.39, 0.29) is 6.04 Å². The molecule has 0 aliphatic carbocycles. The summed E-state index contributed by atoms with van der Waals surface area (Å²) < 4.78 is 12.5. The second kappa shape index (κ2) is 6.50. The fourth-order valence-electron chi connectivity index (χ4n) is 2.54. The van der Waals surface area contributed by atoms with Gasteiger partial charge in [-0.2, -0.15) is 0 Å². The van der Waals surface area contributed by atoms with Crippen LogP contribution in [0.2, 0.25) is 0 Å². The molecule has 1 aliphatic heterocycles. The van der Waals surface area contributed by atoms with E-state index in [4.69, 9.17) is 9.47 Å². The fourth-order valence-corrected chi connectivity index (χ4v) is 2.80. The summed E-state index contributed by atoms with van der Waals surface area (Å²) in [5.41, 5.74) is 2.39. The van der Waals surface area contributed by atoms with Crippen molar-refractivity contribution in [1.29, 1.82) is 0 Å². The SMILES string of the molecule is CNC(c1ccc(Br)cc1)c1ccc2c(c1)OCCCO2. The van der Waals surface area contributed by atoms with Crippen molar-refractivity contribution in [3.63, 3.8) is 0 Å². The summed E-state index contributed by atoms with van der Waals surface area (Å²) in [6, 6.07) is 14.7. The van der Waals surface area contributed by atoms with E-state index in [1.165, 1.54) is 11.1 Å². The Kier molecular flexibility index (Phi) is 4.46. The fraction of sp³-hybridized carbons (Fsp3) is 0.294. The maximum Gasteiger partial charge on any atom is 0.161 e. The Balaban J connectivity index is 1.93. The zero-order chi connectivity index (χ0) is 14.7. The van der Waals surface area contributed by atoms with Gasteiger partial charge in [0.25, 0.3) is 0 Å². The Morgan fingerprint density at radius 3 is 2.33 bits per heavy atom. The number of halogens is 1. The van der Waals surface area contributed by atoms with Crippen LogP contribution in [-0.4, -0.2) is 20.3 Å². The van der Waals surface area contributed by atoms with E-state index in [9.17, 15) is 0 Å². The second-order valence-corrected chi connectivity index (χ2v) is 5.95. The lowest BCUT2D eigenvalue weighted by Gasteiger charge is -2.19. The number of hydrogen-bond donors (Lipinski definition) is 1. The van der Waals surface area contributed by atoms with Gasteiger partial charge in [0.15, 0.2) is 11.5 Å². The molecule has 0 bridgehead atoms. The van der Waals surface area contributed by atoms with Gasteiger partial charge in [-0.05, 0) is 42.4 Å². The molecule has 110 valence electrons. The standard InChI is InChI=1S/C17H18BrNO2/c1-19-17(12-3-6-14(18)7-4-12)13-5-8-15-16(11-13)21-10-2-9-20-15/h3-8,11,17,19H,2,9-10H2,1H3. The Hall–Kier alpha value is -1.52. The van der Waals surface area contributed by atoms with Gasteiger partial charge in [0, 0.05) is 10.9 Å². The summed E-state index contributed by atoms with van der Waals surface area (Å²) in [7, 11) is 1.97. The van der Waals surface area contributed by atoms with Crippen molar-refractivity contribution in [3.05, 3.63) is 58.1 Å². The third-order valence-electron chi connectivity index (χ3n) is 3.60. The maximum absolute atomic E-state index is 5.78. The molecule has 0 radical (unpaired) electrons. The lowest BCUT2D eigenvalue weighted by atomic mass is 9.98. The van der Waals surface area contributed by atoms with E-state index in [1.54, 1.807) is 0 Å². The lowest BCUT2D eigenvalue weighted by Crippen LogP contribution is -2.17. The minimum Gasteiger partial charge on any atom is -0.490 e. The average molecular weight is 348 g/mol. The van der Waals surface area contributed by atoms with E-state index in [0.717, 1.165) is 22.4 Å². The molecule has 3 rings (SSSR count). The van der Waals surface area contributed by atoms with Crippen LogP contribution in [0.4, 0.5) is 0 Å². The van der Waals surface area contributed by atoms with Gasteiger partial charge in [-0.1, -0.05) is 34.1 Å². The minimum atomic E-state index is 0.134. The summed E-state index contributed by atoms with van der Waals surface area (Å²) in [4.78, 5) is 0. The minimum absolute atomic E-state index is 0.134. The van der Waals surface area contributed by atoms with Crippen LogP contribution < -0.4 is 14.8 Å². The molecule has 2 aromatic rings. The molecule has 21 heavy (non-hydrogen) atoms.